The molecule has 2 aliphatic carbocycles. The Kier molecular flexibility index (Phi) is 8.87. The van der Waals surface area contributed by atoms with Crippen molar-refractivity contribution in [3.05, 3.63) is 53.9 Å². The first-order valence-electron chi connectivity index (χ1n) is 13.6. The van der Waals surface area contributed by atoms with Crippen LogP contribution in [0.4, 0.5) is 4.39 Å². The molecule has 0 unspecified atom stereocenters. The second-order valence-electron chi connectivity index (χ2n) is 10.7. The minimum Gasteiger partial charge on any atom is -0.486 e. The van der Waals surface area contributed by atoms with Crippen LogP contribution >= 0.6 is 0 Å². The van der Waals surface area contributed by atoms with Crippen LogP contribution in [0.2, 0.25) is 0 Å². The molecule has 2 heteroatoms. The zero-order valence-corrected chi connectivity index (χ0v) is 20.8. The van der Waals surface area contributed by atoms with E-state index in [0.29, 0.717) is 23.7 Å². The summed E-state index contributed by atoms with van der Waals surface area (Å²) < 4.78 is 20.4. The van der Waals surface area contributed by atoms with Gasteiger partial charge in [-0.15, -0.1) is 0 Å². The third-order valence-corrected chi connectivity index (χ3v) is 8.48. The van der Waals surface area contributed by atoms with Crippen molar-refractivity contribution in [3.8, 4) is 5.75 Å². The molecule has 0 atom stereocenters. The second-order valence-corrected chi connectivity index (χ2v) is 10.7. The summed E-state index contributed by atoms with van der Waals surface area (Å²) in [6.07, 6.45) is 20.7. The van der Waals surface area contributed by atoms with E-state index in [1.807, 2.05) is 31.2 Å². The lowest BCUT2D eigenvalue weighted by molar-refractivity contribution is 0.224. The van der Waals surface area contributed by atoms with Crippen LogP contribution in [0, 0.1) is 23.6 Å². The standard InChI is InChI=1S/C31H43FO/c1-3-5-21-33-30-20-18-28-22-27(17-19-29(28)31(30)32)26-15-13-25(14-16-26)12-11-24-9-7-23(6-4-2)8-10-24/h3,5,17-20,22-26H,4,6-16,21H2,1-2H3. The highest BCUT2D eigenvalue weighted by atomic mass is 19.1. The first-order chi connectivity index (χ1) is 16.2. The van der Waals surface area contributed by atoms with Gasteiger partial charge in [-0.1, -0.05) is 94.7 Å². The van der Waals surface area contributed by atoms with E-state index >= 15 is 0 Å². The Bertz CT molecular complexity index is 901. The number of hydrogen-bond donors (Lipinski definition) is 0. The number of benzene rings is 2. The van der Waals surface area contributed by atoms with Gasteiger partial charge in [-0.3, -0.25) is 0 Å². The van der Waals surface area contributed by atoms with E-state index in [0.717, 1.165) is 23.1 Å². The zero-order chi connectivity index (χ0) is 23.0. The quantitative estimate of drug-likeness (QED) is 0.345. The van der Waals surface area contributed by atoms with Gasteiger partial charge in [0, 0.05) is 5.39 Å². The van der Waals surface area contributed by atoms with Gasteiger partial charge < -0.3 is 4.74 Å². The van der Waals surface area contributed by atoms with Gasteiger partial charge in [-0.25, -0.2) is 4.39 Å². The summed E-state index contributed by atoms with van der Waals surface area (Å²) in [7, 11) is 0. The summed E-state index contributed by atoms with van der Waals surface area (Å²) in [6.45, 7) is 4.67. The third kappa shape index (κ3) is 6.40. The Labute approximate surface area is 200 Å². The fraction of sp³-hybridized carbons (Fsp3) is 0.613. The van der Waals surface area contributed by atoms with Crippen LogP contribution < -0.4 is 4.74 Å². The van der Waals surface area contributed by atoms with Gasteiger partial charge in [-0.2, -0.15) is 0 Å². The fourth-order valence-electron chi connectivity index (χ4n) is 6.36. The molecule has 33 heavy (non-hydrogen) atoms. The van der Waals surface area contributed by atoms with Crippen LogP contribution in [-0.4, -0.2) is 6.61 Å². The second kappa shape index (κ2) is 12.0. The average molecular weight is 451 g/mol. The lowest BCUT2D eigenvalue weighted by Crippen LogP contribution is -2.17. The van der Waals surface area contributed by atoms with Gasteiger partial charge in [0.2, 0.25) is 0 Å². The molecule has 2 aromatic rings. The molecule has 0 spiro atoms. The number of rotatable bonds is 9. The van der Waals surface area contributed by atoms with Crippen LogP contribution in [0.5, 0.6) is 5.75 Å². The number of hydrogen-bond acceptors (Lipinski definition) is 1. The number of halogens is 1. The van der Waals surface area contributed by atoms with Crippen molar-refractivity contribution >= 4 is 10.8 Å². The maximum Gasteiger partial charge on any atom is 0.172 e. The number of ether oxygens (including phenoxy) is 1. The Hall–Kier alpha value is -1.83. The van der Waals surface area contributed by atoms with Gasteiger partial charge in [0.25, 0.3) is 0 Å². The summed E-state index contributed by atoms with van der Waals surface area (Å²) >= 11 is 0. The minimum absolute atomic E-state index is 0.240. The molecule has 0 amide bonds. The minimum atomic E-state index is -0.240. The smallest absolute Gasteiger partial charge is 0.172 e. The number of fused-ring (bicyclic) bond motifs is 1. The van der Waals surface area contributed by atoms with E-state index in [1.165, 1.54) is 82.6 Å². The SMILES string of the molecule is CC=CCOc1ccc2cc(C3CCC(CCC4CCC(CCC)CC4)CC3)ccc2c1F. The van der Waals surface area contributed by atoms with E-state index in [4.69, 9.17) is 4.74 Å². The molecule has 0 aliphatic heterocycles. The molecular weight excluding hydrogens is 407 g/mol. The molecule has 2 aliphatic rings. The van der Waals surface area contributed by atoms with E-state index in [-0.39, 0.29) is 5.82 Å². The molecule has 2 fully saturated rings. The van der Waals surface area contributed by atoms with Crippen LogP contribution in [0.15, 0.2) is 42.5 Å². The summed E-state index contributed by atoms with van der Waals surface area (Å²) in [5.41, 5.74) is 1.39. The van der Waals surface area contributed by atoms with Crippen molar-refractivity contribution in [3.63, 3.8) is 0 Å². The van der Waals surface area contributed by atoms with E-state index < -0.39 is 0 Å². The monoisotopic (exact) mass is 450 g/mol. The molecule has 0 radical (unpaired) electrons. The first-order valence-corrected chi connectivity index (χ1v) is 13.6. The average Bonchev–Trinajstić information content (AvgIpc) is 2.85. The van der Waals surface area contributed by atoms with Gasteiger partial charge in [0.05, 0.1) is 0 Å². The van der Waals surface area contributed by atoms with Crippen LogP contribution in [-0.2, 0) is 0 Å². The molecule has 2 aromatic carbocycles. The molecule has 1 nitrogen and oxygen atoms in total. The molecular formula is C31H43FO. The van der Waals surface area contributed by atoms with Crippen molar-refractivity contribution in [1.82, 2.24) is 0 Å². The van der Waals surface area contributed by atoms with Gasteiger partial charge in [0.1, 0.15) is 6.61 Å². The van der Waals surface area contributed by atoms with Crippen molar-refractivity contribution in [2.24, 2.45) is 17.8 Å². The molecule has 0 bridgehead atoms. The predicted molar refractivity (Wildman–Crippen MR) is 139 cm³/mol. The highest BCUT2D eigenvalue weighted by molar-refractivity contribution is 5.85. The molecule has 180 valence electrons. The van der Waals surface area contributed by atoms with Gasteiger partial charge >= 0.3 is 0 Å². The van der Waals surface area contributed by atoms with E-state index in [1.54, 1.807) is 6.07 Å². The lowest BCUT2D eigenvalue weighted by atomic mass is 9.74. The first kappa shape index (κ1) is 24.3. The normalized spacial score (nSPS) is 26.2. The van der Waals surface area contributed by atoms with Crippen molar-refractivity contribution < 1.29 is 9.13 Å². The highest BCUT2D eigenvalue weighted by Crippen LogP contribution is 2.41. The maximum absolute atomic E-state index is 14.9. The van der Waals surface area contributed by atoms with Crippen LogP contribution in [0.25, 0.3) is 10.8 Å². The summed E-state index contributed by atoms with van der Waals surface area (Å²) in [4.78, 5) is 0. The molecule has 0 aromatic heterocycles. The maximum atomic E-state index is 14.9. The number of allylic oxidation sites excluding steroid dienone is 1. The molecule has 2 saturated carbocycles. The molecule has 0 saturated heterocycles. The van der Waals surface area contributed by atoms with Gasteiger partial charge in [-0.05, 0) is 73.3 Å². The molecule has 4 rings (SSSR count). The summed E-state index contributed by atoms with van der Waals surface area (Å²) in [6, 6.07) is 10.1. The van der Waals surface area contributed by atoms with Crippen LogP contribution in [0.3, 0.4) is 0 Å². The third-order valence-electron chi connectivity index (χ3n) is 8.48. The Morgan fingerprint density at radius 3 is 2.12 bits per heavy atom. The topological polar surface area (TPSA) is 9.23 Å². The van der Waals surface area contributed by atoms with Crippen LogP contribution in [0.1, 0.15) is 102 Å². The highest BCUT2D eigenvalue weighted by Gasteiger charge is 2.25. The fourth-order valence-corrected chi connectivity index (χ4v) is 6.36. The summed E-state index contributed by atoms with van der Waals surface area (Å²) in [5, 5.41) is 1.66. The van der Waals surface area contributed by atoms with Crippen molar-refractivity contribution in [1.29, 1.82) is 0 Å². The molecule has 0 heterocycles. The Balaban J connectivity index is 1.27. The van der Waals surface area contributed by atoms with Crippen molar-refractivity contribution in [2.75, 3.05) is 6.61 Å². The Morgan fingerprint density at radius 2 is 1.48 bits per heavy atom. The largest absolute Gasteiger partial charge is 0.486 e. The zero-order valence-electron chi connectivity index (χ0n) is 20.8. The van der Waals surface area contributed by atoms with E-state index in [9.17, 15) is 4.39 Å². The van der Waals surface area contributed by atoms with E-state index in [2.05, 4.69) is 19.1 Å². The Morgan fingerprint density at radius 1 is 0.848 bits per heavy atom. The molecule has 0 N–H and O–H groups in total. The lowest BCUT2D eigenvalue weighted by Gasteiger charge is -2.32. The predicted octanol–water partition coefficient (Wildman–Crippen LogP) is 9.59. The summed E-state index contributed by atoms with van der Waals surface area (Å²) in [5.74, 6) is 3.67. The van der Waals surface area contributed by atoms with Gasteiger partial charge in [0.15, 0.2) is 11.6 Å². The van der Waals surface area contributed by atoms with Crippen molar-refractivity contribution in [2.45, 2.75) is 96.8 Å².